The Kier molecular flexibility index (Phi) is 6.25. The van der Waals surface area contributed by atoms with Gasteiger partial charge in [0.25, 0.3) is 0 Å². The zero-order valence-corrected chi connectivity index (χ0v) is 13.0. The summed E-state index contributed by atoms with van der Waals surface area (Å²) in [4.78, 5) is 2.51. The molecule has 1 N–H and O–H groups in total. The highest BCUT2D eigenvalue weighted by atomic mass is 16.5. The van der Waals surface area contributed by atoms with Crippen molar-refractivity contribution >= 4 is 0 Å². The second kappa shape index (κ2) is 8.19. The van der Waals surface area contributed by atoms with Gasteiger partial charge in [-0.1, -0.05) is 30.9 Å². The molecule has 0 aliphatic carbocycles. The first-order valence-corrected chi connectivity index (χ1v) is 7.77. The molecule has 0 saturated carbocycles. The summed E-state index contributed by atoms with van der Waals surface area (Å²) in [5.41, 5.74) is 2.32. The molecule has 3 nitrogen and oxygen atoms in total. The van der Waals surface area contributed by atoms with Crippen LogP contribution in [0.1, 0.15) is 37.8 Å². The van der Waals surface area contributed by atoms with Crippen molar-refractivity contribution < 1.29 is 9.84 Å². The van der Waals surface area contributed by atoms with Crippen molar-refractivity contribution in [1.29, 1.82) is 0 Å². The van der Waals surface area contributed by atoms with E-state index in [4.69, 9.17) is 9.84 Å². The third-order valence-corrected chi connectivity index (χ3v) is 3.86. The number of benzene rings is 1. The number of morpholine rings is 1. The van der Waals surface area contributed by atoms with Gasteiger partial charge in [-0.2, -0.15) is 0 Å². The maximum absolute atomic E-state index is 8.72. The molecule has 1 aliphatic rings. The predicted molar refractivity (Wildman–Crippen MR) is 84.9 cm³/mol. The van der Waals surface area contributed by atoms with Crippen LogP contribution in [0.5, 0.6) is 0 Å². The molecule has 3 heteroatoms. The molecule has 0 radical (unpaired) electrons. The molecule has 1 aromatic rings. The summed E-state index contributed by atoms with van der Waals surface area (Å²) in [5, 5.41) is 8.72. The molecule has 1 aromatic carbocycles. The minimum atomic E-state index is 0.124. The number of rotatable bonds is 4. The lowest BCUT2D eigenvalue weighted by molar-refractivity contribution is -0.0592. The molecule has 0 amide bonds. The van der Waals surface area contributed by atoms with Crippen LogP contribution < -0.4 is 0 Å². The van der Waals surface area contributed by atoms with Crippen LogP contribution >= 0.6 is 0 Å². The maximum atomic E-state index is 8.72. The van der Waals surface area contributed by atoms with Crippen molar-refractivity contribution in [2.75, 3.05) is 19.8 Å². The standard InChI is InChI=1S/C18H25NO2/c1-3-18-14-21-15(2)12-19(18)13-17-9-7-16(8-10-17)6-4-5-11-20/h7-10,15,18,20H,3,5,11-14H2,1-2H3. The van der Waals surface area contributed by atoms with Crippen molar-refractivity contribution in [2.45, 2.75) is 45.4 Å². The molecule has 2 unspecified atom stereocenters. The van der Waals surface area contributed by atoms with Crippen LogP contribution in [0.2, 0.25) is 0 Å². The summed E-state index contributed by atoms with van der Waals surface area (Å²) in [7, 11) is 0. The van der Waals surface area contributed by atoms with E-state index in [2.05, 4.69) is 54.9 Å². The fourth-order valence-corrected chi connectivity index (χ4v) is 2.63. The van der Waals surface area contributed by atoms with Gasteiger partial charge in [0.1, 0.15) is 0 Å². The number of aliphatic hydroxyl groups is 1. The molecule has 114 valence electrons. The van der Waals surface area contributed by atoms with Gasteiger partial charge in [-0.25, -0.2) is 0 Å². The maximum Gasteiger partial charge on any atom is 0.0674 e. The highest BCUT2D eigenvalue weighted by Gasteiger charge is 2.25. The van der Waals surface area contributed by atoms with Gasteiger partial charge >= 0.3 is 0 Å². The zero-order chi connectivity index (χ0) is 15.1. The van der Waals surface area contributed by atoms with E-state index >= 15 is 0 Å². The molecule has 0 spiro atoms. The minimum absolute atomic E-state index is 0.124. The predicted octanol–water partition coefficient (Wildman–Crippen LogP) is 2.42. The van der Waals surface area contributed by atoms with E-state index < -0.39 is 0 Å². The van der Waals surface area contributed by atoms with E-state index in [1.165, 1.54) is 5.56 Å². The summed E-state index contributed by atoms with van der Waals surface area (Å²) in [5.74, 6) is 6.01. The van der Waals surface area contributed by atoms with Crippen molar-refractivity contribution in [3.8, 4) is 11.8 Å². The summed E-state index contributed by atoms with van der Waals surface area (Å²) >= 11 is 0. The number of aliphatic hydroxyl groups excluding tert-OH is 1. The summed E-state index contributed by atoms with van der Waals surface area (Å²) in [6.45, 7) is 7.28. The van der Waals surface area contributed by atoms with E-state index in [1.807, 2.05) is 0 Å². The third-order valence-electron chi connectivity index (χ3n) is 3.86. The fourth-order valence-electron chi connectivity index (χ4n) is 2.63. The quantitative estimate of drug-likeness (QED) is 0.863. The van der Waals surface area contributed by atoms with Crippen molar-refractivity contribution in [2.24, 2.45) is 0 Å². The topological polar surface area (TPSA) is 32.7 Å². The fraction of sp³-hybridized carbons (Fsp3) is 0.556. The lowest BCUT2D eigenvalue weighted by atomic mass is 10.1. The van der Waals surface area contributed by atoms with Gasteiger partial charge in [-0.05, 0) is 31.0 Å². The van der Waals surface area contributed by atoms with Crippen molar-refractivity contribution in [3.05, 3.63) is 35.4 Å². The average molecular weight is 287 g/mol. The van der Waals surface area contributed by atoms with E-state index in [0.29, 0.717) is 18.6 Å². The molecule has 0 aromatic heterocycles. The Balaban J connectivity index is 1.97. The first kappa shape index (κ1) is 16.0. The van der Waals surface area contributed by atoms with E-state index in [-0.39, 0.29) is 6.61 Å². The second-order valence-electron chi connectivity index (χ2n) is 5.61. The Morgan fingerprint density at radius 2 is 2.10 bits per heavy atom. The van der Waals surface area contributed by atoms with Crippen LogP contribution in [0.3, 0.4) is 0 Å². The van der Waals surface area contributed by atoms with Crippen molar-refractivity contribution in [3.63, 3.8) is 0 Å². The van der Waals surface area contributed by atoms with Crippen LogP contribution in [-0.4, -0.2) is 41.9 Å². The third kappa shape index (κ3) is 4.86. The number of hydrogen-bond acceptors (Lipinski definition) is 3. The molecule has 1 heterocycles. The Bertz CT molecular complexity index is 486. The van der Waals surface area contributed by atoms with Gasteiger partial charge in [0.05, 0.1) is 19.3 Å². The average Bonchev–Trinajstić information content (AvgIpc) is 2.50. The van der Waals surface area contributed by atoms with E-state index in [0.717, 1.165) is 31.7 Å². The summed E-state index contributed by atoms with van der Waals surface area (Å²) < 4.78 is 5.74. The Labute approximate surface area is 127 Å². The summed E-state index contributed by atoms with van der Waals surface area (Å²) in [6.07, 6.45) is 1.97. The summed E-state index contributed by atoms with van der Waals surface area (Å²) in [6, 6.07) is 8.94. The van der Waals surface area contributed by atoms with Gasteiger partial charge < -0.3 is 9.84 Å². The Hall–Kier alpha value is -1.34. The van der Waals surface area contributed by atoms with Gasteiger partial charge in [0, 0.05) is 31.1 Å². The van der Waals surface area contributed by atoms with Gasteiger partial charge in [-0.15, -0.1) is 0 Å². The van der Waals surface area contributed by atoms with Crippen LogP contribution in [0.25, 0.3) is 0 Å². The van der Waals surface area contributed by atoms with Crippen LogP contribution in [0.4, 0.5) is 0 Å². The first-order chi connectivity index (χ1) is 10.2. The first-order valence-electron chi connectivity index (χ1n) is 7.77. The molecule has 1 saturated heterocycles. The normalized spacial score (nSPS) is 22.6. The molecule has 1 fully saturated rings. The SMILES string of the molecule is CCC1COC(C)CN1Cc1ccc(C#CCCO)cc1. The Morgan fingerprint density at radius 3 is 2.76 bits per heavy atom. The molecule has 1 aliphatic heterocycles. The lowest BCUT2D eigenvalue weighted by Crippen LogP contribution is -2.47. The van der Waals surface area contributed by atoms with Crippen LogP contribution in [-0.2, 0) is 11.3 Å². The zero-order valence-electron chi connectivity index (χ0n) is 13.0. The highest BCUT2D eigenvalue weighted by molar-refractivity contribution is 5.36. The van der Waals surface area contributed by atoms with Gasteiger partial charge in [0.2, 0.25) is 0 Å². The molecular weight excluding hydrogens is 262 g/mol. The molecule has 21 heavy (non-hydrogen) atoms. The van der Waals surface area contributed by atoms with Crippen LogP contribution in [0.15, 0.2) is 24.3 Å². The van der Waals surface area contributed by atoms with Crippen LogP contribution in [0, 0.1) is 11.8 Å². The monoisotopic (exact) mass is 287 g/mol. The molecule has 2 atom stereocenters. The Morgan fingerprint density at radius 1 is 1.33 bits per heavy atom. The molecule has 2 rings (SSSR count). The number of hydrogen-bond donors (Lipinski definition) is 1. The molecular formula is C18H25NO2. The largest absolute Gasteiger partial charge is 0.395 e. The van der Waals surface area contributed by atoms with E-state index in [9.17, 15) is 0 Å². The van der Waals surface area contributed by atoms with Gasteiger partial charge in [0.15, 0.2) is 0 Å². The second-order valence-corrected chi connectivity index (χ2v) is 5.61. The van der Waals surface area contributed by atoms with E-state index in [1.54, 1.807) is 0 Å². The smallest absolute Gasteiger partial charge is 0.0674 e. The number of nitrogens with zero attached hydrogens (tertiary/aromatic N) is 1. The van der Waals surface area contributed by atoms with Crippen molar-refractivity contribution in [1.82, 2.24) is 4.90 Å². The minimum Gasteiger partial charge on any atom is -0.395 e. The lowest BCUT2D eigenvalue weighted by Gasteiger charge is -2.38. The van der Waals surface area contributed by atoms with Gasteiger partial charge in [-0.3, -0.25) is 4.90 Å². The number of ether oxygens (including phenoxy) is 1. The molecule has 0 bridgehead atoms. The highest BCUT2D eigenvalue weighted by Crippen LogP contribution is 2.18.